The summed E-state index contributed by atoms with van der Waals surface area (Å²) in [6, 6.07) is 0. The number of alkyl halides is 2. The van der Waals surface area contributed by atoms with E-state index in [-0.39, 0.29) is 2.48 Å². The molecule has 0 amide bonds. The Morgan fingerprint density at radius 2 is 1.07 bits per heavy atom. The molecule has 0 rings (SSSR count). The predicted octanol–water partition coefficient (Wildman–Crippen LogP) is 5.40. The fraction of sp³-hybridized carbons (Fsp3) is 1.00. The van der Waals surface area contributed by atoms with Crippen LogP contribution in [0.15, 0.2) is 0 Å². The molecule has 0 unspecified atom stereocenters. The lowest BCUT2D eigenvalue weighted by Gasteiger charge is -2.51. The summed E-state index contributed by atoms with van der Waals surface area (Å²) in [4.78, 5) is 0. The van der Waals surface area contributed by atoms with Crippen LogP contribution in [-0.2, 0) is 0 Å². The van der Waals surface area contributed by atoms with Crippen LogP contribution >= 0.6 is 31.9 Å². The monoisotopic (exact) mass is 358 g/mol. The highest BCUT2D eigenvalue weighted by molar-refractivity contribution is 9.27. The molecule has 0 bridgehead atoms. The first-order valence-corrected chi connectivity index (χ1v) is 13.2. The third kappa shape index (κ3) is 2.55. The minimum absolute atomic E-state index is 0.220. The molecule has 86 valence electrons. The molecule has 0 nitrogen and oxygen atoms in total. The molecule has 0 aromatic rings. The van der Waals surface area contributed by atoms with Gasteiger partial charge in [0.2, 0.25) is 0 Å². The number of halogens is 2. The Morgan fingerprint density at radius 3 is 1.14 bits per heavy atom. The minimum atomic E-state index is -1.37. The predicted molar refractivity (Wildman–Crippen MR) is 81.1 cm³/mol. The quantitative estimate of drug-likeness (QED) is 0.457. The third-order valence-corrected chi connectivity index (χ3v) is 28.0. The molecule has 0 atom stereocenters. The van der Waals surface area contributed by atoms with Crippen LogP contribution in [-0.4, -0.2) is 18.6 Å². The van der Waals surface area contributed by atoms with Gasteiger partial charge in [-0.05, 0) is 5.04 Å². The third-order valence-electron chi connectivity index (χ3n) is 3.60. The summed E-state index contributed by atoms with van der Waals surface area (Å²) in [6.45, 7) is 19.4. The van der Waals surface area contributed by atoms with Crippen LogP contribution in [0.1, 0.15) is 20.8 Å². The van der Waals surface area contributed by atoms with E-state index in [9.17, 15) is 0 Å². The lowest BCUT2D eigenvalue weighted by Crippen LogP contribution is -2.63. The normalized spacial score (nSPS) is 15.9. The molecule has 0 radical (unpaired) electrons. The van der Waals surface area contributed by atoms with Crippen molar-refractivity contribution in [3.8, 4) is 0 Å². The molecule has 0 N–H and O–H groups in total. The van der Waals surface area contributed by atoms with E-state index >= 15 is 0 Å². The highest BCUT2D eigenvalue weighted by atomic mass is 79.9. The van der Waals surface area contributed by atoms with E-state index in [1.54, 1.807) is 0 Å². The molecule has 0 heterocycles. The van der Waals surface area contributed by atoms with Gasteiger partial charge in [-0.25, -0.2) is 0 Å². The van der Waals surface area contributed by atoms with Gasteiger partial charge >= 0.3 is 0 Å². The van der Waals surface area contributed by atoms with Crippen molar-refractivity contribution in [3.05, 3.63) is 0 Å². The van der Waals surface area contributed by atoms with Gasteiger partial charge in [-0.1, -0.05) is 85.4 Å². The van der Waals surface area contributed by atoms with Gasteiger partial charge in [-0.3, -0.25) is 0 Å². The maximum atomic E-state index is 4.00. The number of hydrogen-bond acceptors (Lipinski definition) is 0. The van der Waals surface area contributed by atoms with Crippen LogP contribution < -0.4 is 0 Å². The molecule has 4 heteroatoms. The summed E-state index contributed by atoms with van der Waals surface area (Å²) in [5, 5.41) is 0.417. The maximum absolute atomic E-state index is 4.00. The number of hydrogen-bond donors (Lipinski definition) is 0. The van der Waals surface area contributed by atoms with Gasteiger partial charge in [0.25, 0.3) is 0 Å². The Balaban J connectivity index is 5.30. The fourth-order valence-electron chi connectivity index (χ4n) is 1.41. The lowest BCUT2D eigenvalue weighted by molar-refractivity contribution is 0.717. The van der Waals surface area contributed by atoms with Crippen molar-refractivity contribution in [2.45, 2.75) is 61.0 Å². The van der Waals surface area contributed by atoms with Crippen LogP contribution in [0.2, 0.25) is 37.8 Å². The maximum Gasteiger partial charge on any atom is 0.0814 e. The van der Waals surface area contributed by atoms with Crippen LogP contribution in [0.25, 0.3) is 0 Å². The molecule has 14 heavy (non-hydrogen) atoms. The van der Waals surface area contributed by atoms with Crippen molar-refractivity contribution in [1.82, 2.24) is 0 Å². The van der Waals surface area contributed by atoms with Gasteiger partial charge in [-0.15, -0.1) is 0 Å². The average molecular weight is 360 g/mol. The number of rotatable bonds is 2. The largest absolute Gasteiger partial charge is 0.0814 e. The Bertz CT molecular complexity index is 185. The Kier molecular flexibility index (Phi) is 4.40. The van der Waals surface area contributed by atoms with Crippen LogP contribution in [0, 0.1) is 0 Å². The summed E-state index contributed by atoms with van der Waals surface area (Å²) in [6.07, 6.45) is 0. The van der Waals surface area contributed by atoms with E-state index in [1.807, 2.05) is 0 Å². The highest BCUT2D eigenvalue weighted by Crippen LogP contribution is 2.53. The van der Waals surface area contributed by atoms with Crippen molar-refractivity contribution >= 4 is 48.0 Å². The fourth-order valence-corrected chi connectivity index (χ4v) is 14.5. The van der Waals surface area contributed by atoms with Crippen molar-refractivity contribution in [2.24, 2.45) is 0 Å². The molecule has 0 aliphatic carbocycles. The van der Waals surface area contributed by atoms with Crippen LogP contribution in [0.5, 0.6) is 0 Å². The lowest BCUT2D eigenvalue weighted by atomic mass is 10.2. The Labute approximate surface area is 109 Å². The summed E-state index contributed by atoms with van der Waals surface area (Å²) < 4.78 is 0.220. The zero-order valence-electron chi connectivity index (χ0n) is 10.8. The van der Waals surface area contributed by atoms with Gasteiger partial charge in [-0.2, -0.15) is 0 Å². The smallest absolute Gasteiger partial charge is 0.0802 e. The van der Waals surface area contributed by atoms with Crippen LogP contribution in [0.3, 0.4) is 0 Å². The molecule has 0 aromatic heterocycles. The molecule has 0 saturated carbocycles. The van der Waals surface area contributed by atoms with Gasteiger partial charge in [0.1, 0.15) is 0 Å². The minimum Gasteiger partial charge on any atom is -0.0802 e. The summed E-state index contributed by atoms with van der Waals surface area (Å²) in [7, 11) is -2.61. The van der Waals surface area contributed by atoms with E-state index in [4.69, 9.17) is 0 Å². The zero-order valence-corrected chi connectivity index (χ0v) is 15.9. The molecule has 0 fully saturated rings. The summed E-state index contributed by atoms with van der Waals surface area (Å²) in [5.41, 5.74) is 0. The Hall–Kier alpha value is 1.39. The molecular formula is C10H24Br2Si2. The van der Waals surface area contributed by atoms with E-state index in [0.29, 0.717) is 5.04 Å². The van der Waals surface area contributed by atoms with Gasteiger partial charge < -0.3 is 0 Å². The van der Waals surface area contributed by atoms with Crippen molar-refractivity contribution in [1.29, 1.82) is 0 Å². The second-order valence-corrected chi connectivity index (χ2v) is 24.3. The van der Waals surface area contributed by atoms with E-state index in [1.165, 1.54) is 0 Å². The van der Waals surface area contributed by atoms with E-state index < -0.39 is 16.1 Å². The first-order chi connectivity index (χ1) is 5.75. The van der Waals surface area contributed by atoms with E-state index in [0.717, 1.165) is 0 Å². The molecule has 0 spiro atoms. The summed E-state index contributed by atoms with van der Waals surface area (Å²) >= 11 is 8.00. The Morgan fingerprint density at radius 1 is 0.786 bits per heavy atom. The van der Waals surface area contributed by atoms with Crippen LogP contribution in [0.4, 0.5) is 0 Å². The average Bonchev–Trinajstić information content (AvgIpc) is 1.81. The summed E-state index contributed by atoms with van der Waals surface area (Å²) in [5.74, 6) is 0. The second-order valence-electron chi connectivity index (χ2n) is 6.70. The first-order valence-electron chi connectivity index (χ1n) is 5.13. The second kappa shape index (κ2) is 4.00. The topological polar surface area (TPSA) is 0 Å². The molecule has 0 aromatic carbocycles. The standard InChI is InChI=1S/C10H24Br2Si2/c1-9(2,3)14(7,8)10(11,12)13(4,5)6/h1-8H3. The molecule has 0 aliphatic rings. The SMILES string of the molecule is CC(C)(C)[Si](C)(C)C(Br)(Br)[Si](C)(C)C. The first kappa shape index (κ1) is 15.4. The molecule has 0 saturated heterocycles. The highest BCUT2D eigenvalue weighted by Gasteiger charge is 2.56. The van der Waals surface area contributed by atoms with Gasteiger partial charge in [0, 0.05) is 0 Å². The van der Waals surface area contributed by atoms with E-state index in [2.05, 4.69) is 85.4 Å². The molecule has 0 aliphatic heterocycles. The molecular weight excluding hydrogens is 336 g/mol. The van der Waals surface area contributed by atoms with Crippen molar-refractivity contribution < 1.29 is 0 Å². The zero-order chi connectivity index (χ0) is 12.0. The van der Waals surface area contributed by atoms with Crippen molar-refractivity contribution in [2.75, 3.05) is 0 Å². The van der Waals surface area contributed by atoms with Gasteiger partial charge in [0.05, 0.1) is 18.6 Å². The van der Waals surface area contributed by atoms with Gasteiger partial charge in [0.15, 0.2) is 0 Å². The van der Waals surface area contributed by atoms with Crippen molar-refractivity contribution in [3.63, 3.8) is 0 Å².